The molecule has 14 N–H and O–H groups in total. The van der Waals surface area contributed by atoms with Gasteiger partial charge in [-0.3, -0.25) is 9.46 Å². The van der Waals surface area contributed by atoms with Crippen molar-refractivity contribution in [3.05, 3.63) is 22.7 Å². The standard InChI is InChI=1S/C9H20N6O14P3/c10-5-1-2-15(9(18)14-5)8-7(17)6(16)4(24-8)3-23-31(21,26-12)29-32(22,27-13)28-30(19,20)25-11/h1-2,4,6-8,16-17H,3H2,11-13H3,(H-2,10,14,18,19,20)/q+1/p+2/t4-,6-,7+,8-,31?,32?/m1/s1. The summed E-state index contributed by atoms with van der Waals surface area (Å²) in [5.74, 6) is 7.99. The first-order valence-electron chi connectivity index (χ1n) is 8.06. The van der Waals surface area contributed by atoms with Crippen LogP contribution >= 0.6 is 24.2 Å². The molecule has 32 heavy (non-hydrogen) atoms. The van der Waals surface area contributed by atoms with Gasteiger partial charge in [-0.05, 0) is 6.07 Å². The van der Waals surface area contributed by atoms with Crippen LogP contribution in [0.25, 0.3) is 0 Å². The maximum absolute atomic E-state index is 12.5. The van der Waals surface area contributed by atoms with E-state index in [1.807, 2.05) is 0 Å². The van der Waals surface area contributed by atoms with Gasteiger partial charge in [0.1, 0.15) is 30.7 Å². The van der Waals surface area contributed by atoms with Crippen LogP contribution in [0.3, 0.4) is 0 Å². The van der Waals surface area contributed by atoms with Gasteiger partial charge in [-0.25, -0.2) is 15.3 Å². The number of rotatable bonds is 11. The van der Waals surface area contributed by atoms with Gasteiger partial charge in [0.2, 0.25) is 0 Å². The summed E-state index contributed by atoms with van der Waals surface area (Å²) in [4.78, 5) is 49.3. The zero-order chi connectivity index (χ0) is 24.3. The number of aromatic nitrogens is 2. The van der Waals surface area contributed by atoms with Crippen molar-refractivity contribution in [3.63, 3.8) is 0 Å². The topological polar surface area (TPSA) is 332 Å². The predicted molar refractivity (Wildman–Crippen MR) is 92.5 cm³/mol. The maximum atomic E-state index is 12.5. The molecule has 0 aromatic carbocycles. The van der Waals surface area contributed by atoms with Gasteiger partial charge in [-0.1, -0.05) is 8.94 Å². The molecular weight excluding hydrogens is 509 g/mol. The summed E-state index contributed by atoms with van der Waals surface area (Å²) in [5, 5.41) is 20.3. The number of nitrogens with two attached hydrogens (primary N) is 1. The van der Waals surface area contributed by atoms with Crippen LogP contribution in [-0.4, -0.2) is 49.6 Å². The average Bonchev–Trinajstić information content (AvgIpc) is 3.00. The van der Waals surface area contributed by atoms with E-state index >= 15 is 0 Å². The van der Waals surface area contributed by atoms with E-state index in [1.165, 1.54) is 6.07 Å². The molecule has 2 heterocycles. The third-order valence-corrected chi connectivity index (χ3v) is 8.39. The highest BCUT2D eigenvalue weighted by molar-refractivity contribution is 7.71. The lowest BCUT2D eigenvalue weighted by atomic mass is 10.1. The molecule has 1 aliphatic heterocycles. The average molecular weight is 531 g/mol. The summed E-state index contributed by atoms with van der Waals surface area (Å²) < 4.78 is 42.9. The highest BCUT2D eigenvalue weighted by atomic mass is 31.3. The van der Waals surface area contributed by atoms with Gasteiger partial charge < -0.3 is 30.5 Å². The minimum absolute atomic E-state index is 0.0965. The van der Waals surface area contributed by atoms with E-state index in [0.29, 0.717) is 0 Å². The zero-order valence-corrected chi connectivity index (χ0v) is 18.6. The van der Waals surface area contributed by atoms with E-state index < -0.39 is 61.0 Å². The van der Waals surface area contributed by atoms with Crippen LogP contribution in [0.15, 0.2) is 17.1 Å². The van der Waals surface area contributed by atoms with Crippen molar-refractivity contribution in [1.82, 2.24) is 9.55 Å². The monoisotopic (exact) mass is 531 g/mol. The van der Waals surface area contributed by atoms with Crippen LogP contribution in [-0.2, 0) is 36.3 Å². The number of aliphatic hydroxyl groups excluding tert-OH is 2. The van der Waals surface area contributed by atoms with Gasteiger partial charge in [-0.2, -0.15) is 21.3 Å². The Labute approximate surface area is 178 Å². The van der Waals surface area contributed by atoms with E-state index in [1.54, 1.807) is 0 Å². The Hall–Kier alpha value is -0.830. The minimum Gasteiger partial charge on any atom is -0.598 e. The Morgan fingerprint density at radius 1 is 1.25 bits per heavy atom. The lowest BCUT2D eigenvalue weighted by Crippen LogP contribution is -2.54. The first-order valence-corrected chi connectivity index (χ1v) is 12.5. The summed E-state index contributed by atoms with van der Waals surface area (Å²) in [7, 11) is -15.3. The molecule has 1 aliphatic rings. The quantitative estimate of drug-likeness (QED) is 0.103. The molecule has 184 valence electrons. The predicted octanol–water partition coefficient (Wildman–Crippen LogP) is -6.81. The number of hydrogen-bond acceptors (Lipinski definition) is 15. The molecule has 0 amide bonds. The molecular formula is C9H22N6O14P3+3. The van der Waals surface area contributed by atoms with Crippen molar-refractivity contribution >= 4 is 30.0 Å². The number of nitrogen functional groups attached to an aromatic ring is 1. The Morgan fingerprint density at radius 3 is 2.41 bits per heavy atom. The number of ether oxygens (including phenoxy) is 1. The van der Waals surface area contributed by atoms with Crippen LogP contribution in [0.2, 0.25) is 0 Å². The molecule has 0 bridgehead atoms. The second kappa shape index (κ2) is 10.6. The number of hydrogen-bond donors (Lipinski definition) is 7. The molecule has 0 aliphatic carbocycles. The summed E-state index contributed by atoms with van der Waals surface area (Å²) in [6.45, 7) is -0.863. The molecule has 0 radical (unpaired) electrons. The molecule has 20 nitrogen and oxygen atoms in total. The molecule has 23 heteroatoms. The van der Waals surface area contributed by atoms with E-state index in [-0.39, 0.29) is 5.82 Å². The number of anilines is 1. The molecule has 1 aromatic heterocycles. The fourth-order valence-electron chi connectivity index (χ4n) is 2.30. The highest BCUT2D eigenvalue weighted by Crippen LogP contribution is 2.73. The number of phosphoric acid groups is 3. The van der Waals surface area contributed by atoms with Crippen molar-refractivity contribution in [2.45, 2.75) is 24.5 Å². The van der Waals surface area contributed by atoms with Crippen molar-refractivity contribution in [1.29, 1.82) is 0 Å². The van der Waals surface area contributed by atoms with E-state index in [4.69, 9.17) is 15.0 Å². The lowest BCUT2D eigenvalue weighted by molar-refractivity contribution is -0.662. The SMILES string of the molecule is Nc1ccn([C@@H]2O[C@H](CO[P+]([O-])(O[NH3+])O[P+]([O-])(O[NH3+])OP(=O)(O)O[NH3+])[C@@H](O)[C@@H]2O)c(=O)n1. The number of quaternary nitrogens is 3. The lowest BCUT2D eigenvalue weighted by Gasteiger charge is -2.24. The summed E-state index contributed by atoms with van der Waals surface area (Å²) in [5.41, 5.74) is 4.48. The summed E-state index contributed by atoms with van der Waals surface area (Å²) in [6.07, 6.45) is -5.09. The van der Waals surface area contributed by atoms with Gasteiger partial charge in [0.05, 0.1) is 0 Å². The van der Waals surface area contributed by atoms with Crippen LogP contribution in [0.1, 0.15) is 6.23 Å². The van der Waals surface area contributed by atoms with Gasteiger partial charge in [-0.15, -0.1) is 0 Å². The van der Waals surface area contributed by atoms with Gasteiger partial charge >= 0.3 is 29.9 Å². The Bertz CT molecular complexity index is 896. The van der Waals surface area contributed by atoms with Crippen molar-refractivity contribution < 1.29 is 78.9 Å². The fraction of sp³-hybridized carbons (Fsp3) is 0.556. The third-order valence-electron chi connectivity index (χ3n) is 3.74. The Balaban J connectivity index is 2.11. The van der Waals surface area contributed by atoms with E-state index in [9.17, 15) is 34.3 Å². The largest absolute Gasteiger partial charge is 0.598 e. The van der Waals surface area contributed by atoms with Crippen molar-refractivity contribution in [2.24, 2.45) is 0 Å². The second-order valence-electron chi connectivity index (χ2n) is 5.80. The maximum Gasteiger partial charge on any atom is 0.557 e. The highest BCUT2D eigenvalue weighted by Gasteiger charge is 2.60. The molecule has 0 spiro atoms. The normalized spacial score (nSPS) is 29.2. The molecule has 2 rings (SSSR count). The first kappa shape index (κ1) is 27.4. The minimum atomic E-state index is -5.20. The summed E-state index contributed by atoms with van der Waals surface area (Å²) >= 11 is 0. The zero-order valence-electron chi connectivity index (χ0n) is 15.9. The molecule has 1 aromatic rings. The number of nitrogens with zero attached hydrogens (tertiary/aromatic N) is 2. The molecule has 1 fully saturated rings. The van der Waals surface area contributed by atoms with Crippen LogP contribution in [0.4, 0.5) is 5.82 Å². The van der Waals surface area contributed by atoms with Crippen LogP contribution in [0, 0.1) is 0 Å². The van der Waals surface area contributed by atoms with Gasteiger partial charge in [0, 0.05) is 19.8 Å². The van der Waals surface area contributed by atoms with E-state index in [2.05, 4.69) is 45.2 Å². The molecule has 0 saturated carbocycles. The molecule has 3 unspecified atom stereocenters. The second-order valence-corrected chi connectivity index (χ2v) is 10.9. The Morgan fingerprint density at radius 2 is 1.88 bits per heavy atom. The smallest absolute Gasteiger partial charge is 0.557 e. The first-order chi connectivity index (χ1) is 14.8. The molecule has 1 saturated heterocycles. The fourth-order valence-corrected chi connectivity index (χ4v) is 6.03. The van der Waals surface area contributed by atoms with E-state index in [0.717, 1.165) is 10.8 Å². The van der Waals surface area contributed by atoms with Gasteiger partial charge in [0.25, 0.3) is 0 Å². The van der Waals surface area contributed by atoms with Crippen LogP contribution in [0.5, 0.6) is 0 Å². The molecule has 7 atom stereocenters. The number of aliphatic hydroxyl groups is 2. The van der Waals surface area contributed by atoms with Crippen LogP contribution < -0.4 is 38.9 Å². The van der Waals surface area contributed by atoms with Crippen molar-refractivity contribution in [3.8, 4) is 0 Å². The Kier molecular flexibility index (Phi) is 9.10. The third kappa shape index (κ3) is 6.61. The van der Waals surface area contributed by atoms with Crippen molar-refractivity contribution in [2.75, 3.05) is 12.3 Å². The summed E-state index contributed by atoms with van der Waals surface area (Å²) in [6, 6.07) is 1.23. The van der Waals surface area contributed by atoms with Gasteiger partial charge in [0.15, 0.2) is 6.23 Å².